The van der Waals surface area contributed by atoms with E-state index in [1.165, 1.54) is 0 Å². The topological polar surface area (TPSA) is 55.1 Å². The van der Waals surface area contributed by atoms with Crippen molar-refractivity contribution in [1.29, 1.82) is 0 Å². The number of aryl methyl sites for hydroxylation is 1. The zero-order valence-corrected chi connectivity index (χ0v) is 7.96. The van der Waals surface area contributed by atoms with E-state index in [0.717, 1.165) is 18.5 Å². The Bertz CT molecular complexity index is 281. The lowest BCUT2D eigenvalue weighted by Crippen LogP contribution is -2.10. The molecule has 0 atom stereocenters. The molecule has 0 saturated heterocycles. The van der Waals surface area contributed by atoms with Crippen LogP contribution in [0.3, 0.4) is 0 Å². The van der Waals surface area contributed by atoms with Crippen LogP contribution in [-0.4, -0.2) is 10.9 Å². The van der Waals surface area contributed by atoms with Crippen LogP contribution in [0.25, 0.3) is 0 Å². The number of rotatable bonds is 4. The molecule has 0 fully saturated rings. The van der Waals surface area contributed by atoms with Crippen molar-refractivity contribution in [2.75, 3.05) is 5.32 Å². The van der Waals surface area contributed by atoms with E-state index in [4.69, 9.17) is 4.42 Å². The van der Waals surface area contributed by atoms with Gasteiger partial charge in [-0.15, -0.1) is 0 Å². The highest BCUT2D eigenvalue weighted by Gasteiger charge is 2.05. The third kappa shape index (κ3) is 2.89. The Balaban J connectivity index is 2.49. The number of nitrogens with zero attached hydrogens (tertiary/aromatic N) is 1. The predicted octanol–water partition coefficient (Wildman–Crippen LogP) is 1.98. The summed E-state index contributed by atoms with van der Waals surface area (Å²) in [7, 11) is 0. The molecule has 0 unspecified atom stereocenters. The fraction of sp³-hybridized carbons (Fsp3) is 0.556. The van der Waals surface area contributed by atoms with Gasteiger partial charge in [0, 0.05) is 6.42 Å². The Morgan fingerprint density at radius 1 is 1.62 bits per heavy atom. The van der Waals surface area contributed by atoms with Crippen LogP contribution in [0.15, 0.2) is 10.7 Å². The van der Waals surface area contributed by atoms with E-state index in [-0.39, 0.29) is 5.91 Å². The first-order chi connectivity index (χ1) is 6.26. The van der Waals surface area contributed by atoms with Gasteiger partial charge in [0.05, 0.1) is 5.69 Å². The SMILES string of the molecule is CCCC(=O)Nc1nc(CC)co1. The van der Waals surface area contributed by atoms with Gasteiger partial charge in [0.15, 0.2) is 0 Å². The van der Waals surface area contributed by atoms with Gasteiger partial charge in [0.1, 0.15) is 6.26 Å². The van der Waals surface area contributed by atoms with Crippen LogP contribution in [0.2, 0.25) is 0 Å². The second kappa shape index (κ2) is 4.64. The van der Waals surface area contributed by atoms with Crippen LogP contribution in [-0.2, 0) is 11.2 Å². The molecule has 0 saturated carbocycles. The van der Waals surface area contributed by atoms with Crippen molar-refractivity contribution in [2.24, 2.45) is 0 Å². The molecule has 13 heavy (non-hydrogen) atoms. The Kier molecular flexibility index (Phi) is 3.49. The Labute approximate surface area is 77.3 Å². The van der Waals surface area contributed by atoms with Gasteiger partial charge < -0.3 is 4.42 Å². The highest BCUT2D eigenvalue weighted by atomic mass is 16.4. The molecule has 1 amide bonds. The van der Waals surface area contributed by atoms with Crippen LogP contribution in [0.5, 0.6) is 0 Å². The summed E-state index contributed by atoms with van der Waals surface area (Å²) < 4.78 is 5.03. The molecule has 1 heterocycles. The zero-order valence-electron chi connectivity index (χ0n) is 7.96. The van der Waals surface area contributed by atoms with Gasteiger partial charge >= 0.3 is 6.01 Å². The minimum absolute atomic E-state index is 0.0491. The van der Waals surface area contributed by atoms with Gasteiger partial charge in [-0.2, -0.15) is 4.98 Å². The van der Waals surface area contributed by atoms with Crippen molar-refractivity contribution in [3.05, 3.63) is 12.0 Å². The molecular weight excluding hydrogens is 168 g/mol. The number of hydrogen-bond donors (Lipinski definition) is 1. The molecule has 4 nitrogen and oxygen atoms in total. The van der Waals surface area contributed by atoms with E-state index >= 15 is 0 Å². The first-order valence-electron chi connectivity index (χ1n) is 4.50. The monoisotopic (exact) mass is 182 g/mol. The van der Waals surface area contributed by atoms with Gasteiger partial charge in [-0.3, -0.25) is 10.1 Å². The molecule has 0 aliphatic heterocycles. The van der Waals surface area contributed by atoms with Gasteiger partial charge in [0.2, 0.25) is 5.91 Å². The molecular formula is C9H14N2O2. The summed E-state index contributed by atoms with van der Waals surface area (Å²) in [5.74, 6) is -0.0491. The molecule has 0 spiro atoms. The first-order valence-corrected chi connectivity index (χ1v) is 4.50. The van der Waals surface area contributed by atoms with Gasteiger partial charge in [-0.05, 0) is 12.8 Å². The third-order valence-electron chi connectivity index (χ3n) is 1.64. The van der Waals surface area contributed by atoms with Crippen LogP contribution in [0.4, 0.5) is 6.01 Å². The lowest BCUT2D eigenvalue weighted by molar-refractivity contribution is -0.116. The van der Waals surface area contributed by atoms with Crippen molar-refractivity contribution in [2.45, 2.75) is 33.1 Å². The van der Waals surface area contributed by atoms with Gasteiger partial charge in [-0.1, -0.05) is 13.8 Å². The number of carbonyl (C=O) groups excluding carboxylic acids is 1. The predicted molar refractivity (Wildman–Crippen MR) is 49.4 cm³/mol. The van der Waals surface area contributed by atoms with E-state index in [0.29, 0.717) is 12.4 Å². The average Bonchev–Trinajstić information content (AvgIpc) is 2.52. The molecule has 4 heteroatoms. The second-order valence-electron chi connectivity index (χ2n) is 2.80. The summed E-state index contributed by atoms with van der Waals surface area (Å²) in [5, 5.41) is 2.58. The number of hydrogen-bond acceptors (Lipinski definition) is 3. The first kappa shape index (κ1) is 9.77. The summed E-state index contributed by atoms with van der Waals surface area (Å²) >= 11 is 0. The number of oxazole rings is 1. The summed E-state index contributed by atoms with van der Waals surface area (Å²) in [6.45, 7) is 3.93. The zero-order chi connectivity index (χ0) is 9.68. The quantitative estimate of drug-likeness (QED) is 0.774. The maximum atomic E-state index is 11.1. The molecule has 1 N–H and O–H groups in total. The summed E-state index contributed by atoms with van der Waals surface area (Å²) in [6, 6.07) is 0.301. The van der Waals surface area contributed by atoms with Crippen molar-refractivity contribution in [3.63, 3.8) is 0 Å². The van der Waals surface area contributed by atoms with E-state index in [2.05, 4.69) is 10.3 Å². The van der Waals surface area contributed by atoms with Gasteiger partial charge in [0.25, 0.3) is 0 Å². The number of carbonyl (C=O) groups is 1. The minimum Gasteiger partial charge on any atom is -0.432 e. The number of aromatic nitrogens is 1. The maximum absolute atomic E-state index is 11.1. The summed E-state index contributed by atoms with van der Waals surface area (Å²) in [5.41, 5.74) is 0.854. The number of amides is 1. The molecule has 0 aliphatic rings. The summed E-state index contributed by atoms with van der Waals surface area (Å²) in [6.07, 6.45) is 3.70. The van der Waals surface area contributed by atoms with E-state index in [9.17, 15) is 4.79 Å². The molecule has 1 rings (SSSR count). The van der Waals surface area contributed by atoms with Crippen LogP contribution in [0, 0.1) is 0 Å². The Hall–Kier alpha value is -1.32. The second-order valence-corrected chi connectivity index (χ2v) is 2.80. The smallest absolute Gasteiger partial charge is 0.301 e. The maximum Gasteiger partial charge on any atom is 0.301 e. The van der Waals surface area contributed by atoms with Crippen LogP contribution in [0.1, 0.15) is 32.4 Å². The Morgan fingerprint density at radius 3 is 2.92 bits per heavy atom. The van der Waals surface area contributed by atoms with Crippen molar-refractivity contribution < 1.29 is 9.21 Å². The highest BCUT2D eigenvalue weighted by Crippen LogP contribution is 2.08. The minimum atomic E-state index is -0.0491. The lowest BCUT2D eigenvalue weighted by Gasteiger charge is -1.96. The van der Waals surface area contributed by atoms with Crippen molar-refractivity contribution in [1.82, 2.24) is 4.98 Å². The lowest BCUT2D eigenvalue weighted by atomic mass is 10.3. The van der Waals surface area contributed by atoms with Crippen LogP contribution >= 0.6 is 0 Å². The largest absolute Gasteiger partial charge is 0.432 e. The van der Waals surface area contributed by atoms with Crippen molar-refractivity contribution in [3.8, 4) is 0 Å². The summed E-state index contributed by atoms with van der Waals surface area (Å²) in [4.78, 5) is 15.2. The molecule has 72 valence electrons. The molecule has 0 aliphatic carbocycles. The fourth-order valence-corrected chi connectivity index (χ4v) is 0.936. The van der Waals surface area contributed by atoms with E-state index < -0.39 is 0 Å². The third-order valence-corrected chi connectivity index (χ3v) is 1.64. The van der Waals surface area contributed by atoms with E-state index in [1.54, 1.807) is 6.26 Å². The number of anilines is 1. The molecule has 0 radical (unpaired) electrons. The molecule has 0 bridgehead atoms. The number of nitrogens with one attached hydrogen (secondary N) is 1. The van der Waals surface area contributed by atoms with Crippen LogP contribution < -0.4 is 5.32 Å². The molecule has 1 aromatic rings. The van der Waals surface area contributed by atoms with Gasteiger partial charge in [-0.25, -0.2) is 0 Å². The molecule has 1 aromatic heterocycles. The molecule has 0 aromatic carbocycles. The average molecular weight is 182 g/mol. The highest BCUT2D eigenvalue weighted by molar-refractivity contribution is 5.88. The normalized spacial score (nSPS) is 10.0. The fourth-order valence-electron chi connectivity index (χ4n) is 0.936. The van der Waals surface area contributed by atoms with E-state index in [1.807, 2.05) is 13.8 Å². The Morgan fingerprint density at radius 2 is 2.38 bits per heavy atom. The standard InChI is InChI=1S/C9H14N2O2/c1-3-5-8(12)11-9-10-7(4-2)6-13-9/h6H,3-5H2,1-2H3,(H,10,11,12). The van der Waals surface area contributed by atoms with Crippen molar-refractivity contribution >= 4 is 11.9 Å².